The van der Waals surface area contributed by atoms with Gasteiger partial charge in [-0.15, -0.1) is 10.2 Å². The molecule has 0 fully saturated rings. The molecule has 98 valence electrons. The van der Waals surface area contributed by atoms with Crippen molar-refractivity contribution in [2.24, 2.45) is 5.92 Å². The van der Waals surface area contributed by atoms with Gasteiger partial charge in [0.25, 0.3) is 0 Å². The van der Waals surface area contributed by atoms with E-state index in [9.17, 15) is 0 Å². The number of anilines is 1. The molecule has 6 heteroatoms. The number of hydrogen-bond donors (Lipinski definition) is 1. The van der Waals surface area contributed by atoms with Crippen molar-refractivity contribution in [1.29, 1.82) is 0 Å². The van der Waals surface area contributed by atoms with Gasteiger partial charge in [-0.2, -0.15) is 0 Å². The molecule has 0 bridgehead atoms. The summed E-state index contributed by atoms with van der Waals surface area (Å²) in [5, 5.41) is 11.5. The van der Waals surface area contributed by atoms with Crippen LogP contribution >= 0.6 is 0 Å². The van der Waals surface area contributed by atoms with Gasteiger partial charge in [0, 0.05) is 26.0 Å². The maximum absolute atomic E-state index is 4.42. The number of aryl methyl sites for hydroxylation is 1. The average Bonchev–Trinajstić information content (AvgIpc) is 2.71. The van der Waals surface area contributed by atoms with E-state index in [2.05, 4.69) is 32.3 Å². The van der Waals surface area contributed by atoms with Crippen LogP contribution in [0.5, 0.6) is 0 Å². The summed E-state index contributed by atoms with van der Waals surface area (Å²) in [5.74, 6) is 2.30. The largest absolute Gasteiger partial charge is 0.356 e. The molecule has 0 radical (unpaired) electrons. The number of nitrogens with one attached hydrogen (secondary N) is 1. The van der Waals surface area contributed by atoms with Crippen molar-refractivity contribution < 1.29 is 0 Å². The standard InChI is InChI=1S/C12H20N6/c1-9(7-13-3)8-17(4)11-12-16-15-10(2)18(12)6-5-14-11/h5-6,9,13H,7-8H2,1-4H3. The molecule has 0 aromatic carbocycles. The van der Waals surface area contributed by atoms with Crippen LogP contribution in [0, 0.1) is 12.8 Å². The fourth-order valence-corrected chi connectivity index (χ4v) is 2.16. The van der Waals surface area contributed by atoms with E-state index in [0.29, 0.717) is 5.92 Å². The fraction of sp³-hybridized carbons (Fsp3) is 0.583. The van der Waals surface area contributed by atoms with E-state index in [-0.39, 0.29) is 0 Å². The highest BCUT2D eigenvalue weighted by Gasteiger charge is 2.13. The topological polar surface area (TPSA) is 58.4 Å². The quantitative estimate of drug-likeness (QED) is 0.845. The molecule has 0 aliphatic heterocycles. The Bertz CT molecular complexity index is 520. The SMILES string of the molecule is CNCC(C)CN(C)c1nccn2c(C)nnc12. The normalized spacial score (nSPS) is 12.9. The Morgan fingerprint density at radius 2 is 2.22 bits per heavy atom. The summed E-state index contributed by atoms with van der Waals surface area (Å²) in [6.07, 6.45) is 3.68. The van der Waals surface area contributed by atoms with E-state index in [4.69, 9.17) is 0 Å². The van der Waals surface area contributed by atoms with E-state index >= 15 is 0 Å². The molecule has 0 aliphatic carbocycles. The summed E-state index contributed by atoms with van der Waals surface area (Å²) >= 11 is 0. The lowest BCUT2D eigenvalue weighted by molar-refractivity contribution is 0.541. The molecule has 18 heavy (non-hydrogen) atoms. The van der Waals surface area contributed by atoms with Gasteiger partial charge in [0.15, 0.2) is 5.82 Å². The summed E-state index contributed by atoms with van der Waals surface area (Å²) < 4.78 is 1.96. The van der Waals surface area contributed by atoms with Crippen molar-refractivity contribution in [3.63, 3.8) is 0 Å². The Morgan fingerprint density at radius 3 is 2.94 bits per heavy atom. The zero-order valence-corrected chi connectivity index (χ0v) is 11.4. The van der Waals surface area contributed by atoms with Gasteiger partial charge in [0.1, 0.15) is 5.82 Å². The van der Waals surface area contributed by atoms with Crippen molar-refractivity contribution in [3.05, 3.63) is 18.2 Å². The van der Waals surface area contributed by atoms with Crippen LogP contribution < -0.4 is 10.2 Å². The maximum atomic E-state index is 4.42. The van der Waals surface area contributed by atoms with Gasteiger partial charge in [0.05, 0.1) is 0 Å². The number of rotatable bonds is 5. The van der Waals surface area contributed by atoms with Crippen LogP contribution in [0.25, 0.3) is 5.65 Å². The fourth-order valence-electron chi connectivity index (χ4n) is 2.16. The van der Waals surface area contributed by atoms with Gasteiger partial charge in [-0.25, -0.2) is 4.98 Å². The molecule has 1 unspecified atom stereocenters. The molecule has 2 rings (SSSR count). The molecule has 6 nitrogen and oxygen atoms in total. The Hall–Kier alpha value is -1.69. The van der Waals surface area contributed by atoms with Gasteiger partial charge >= 0.3 is 0 Å². The lowest BCUT2D eigenvalue weighted by Gasteiger charge is -2.22. The minimum Gasteiger partial charge on any atom is -0.356 e. The molecule has 0 saturated carbocycles. The van der Waals surface area contributed by atoms with E-state index in [0.717, 1.165) is 30.4 Å². The van der Waals surface area contributed by atoms with Crippen LogP contribution in [0.15, 0.2) is 12.4 Å². The summed E-state index contributed by atoms with van der Waals surface area (Å²) in [4.78, 5) is 6.55. The predicted octanol–water partition coefficient (Wildman–Crippen LogP) is 0.724. The van der Waals surface area contributed by atoms with Gasteiger partial charge < -0.3 is 10.2 Å². The zero-order chi connectivity index (χ0) is 13.1. The van der Waals surface area contributed by atoms with Crippen LogP contribution in [0.1, 0.15) is 12.7 Å². The summed E-state index contributed by atoms with van der Waals surface area (Å²) in [6, 6.07) is 0. The van der Waals surface area contributed by atoms with E-state index in [1.165, 1.54) is 0 Å². The first-order valence-electron chi connectivity index (χ1n) is 6.15. The Balaban J connectivity index is 2.25. The second-order valence-electron chi connectivity index (χ2n) is 4.74. The van der Waals surface area contributed by atoms with Gasteiger partial charge in [-0.3, -0.25) is 4.40 Å². The van der Waals surface area contributed by atoms with Gasteiger partial charge in [-0.05, 0) is 26.4 Å². The third kappa shape index (κ3) is 2.43. The Morgan fingerprint density at radius 1 is 1.44 bits per heavy atom. The molecule has 2 heterocycles. The highest BCUT2D eigenvalue weighted by Crippen LogP contribution is 2.16. The molecular formula is C12H20N6. The van der Waals surface area contributed by atoms with Gasteiger partial charge in [0.2, 0.25) is 5.65 Å². The molecule has 0 aliphatic rings. The lowest BCUT2D eigenvalue weighted by Crippen LogP contribution is -2.30. The van der Waals surface area contributed by atoms with Crippen molar-refractivity contribution in [2.45, 2.75) is 13.8 Å². The van der Waals surface area contributed by atoms with Crippen LogP contribution in [0.2, 0.25) is 0 Å². The first kappa shape index (κ1) is 12.8. The Labute approximate surface area is 107 Å². The first-order valence-corrected chi connectivity index (χ1v) is 6.15. The minimum atomic E-state index is 0.547. The maximum Gasteiger partial charge on any atom is 0.203 e. The summed E-state index contributed by atoms with van der Waals surface area (Å²) in [5.41, 5.74) is 0.814. The molecule has 2 aromatic rings. The second kappa shape index (κ2) is 5.30. The van der Waals surface area contributed by atoms with Crippen molar-refractivity contribution >= 4 is 11.5 Å². The van der Waals surface area contributed by atoms with Crippen LogP contribution in [-0.2, 0) is 0 Å². The Kier molecular flexibility index (Phi) is 3.76. The van der Waals surface area contributed by atoms with Crippen molar-refractivity contribution in [3.8, 4) is 0 Å². The molecule has 0 saturated heterocycles. The first-order chi connectivity index (χ1) is 8.63. The zero-order valence-electron chi connectivity index (χ0n) is 11.4. The number of nitrogens with zero attached hydrogens (tertiary/aromatic N) is 5. The molecule has 1 N–H and O–H groups in total. The highest BCUT2D eigenvalue weighted by molar-refractivity contribution is 5.63. The molecule has 0 spiro atoms. The monoisotopic (exact) mass is 248 g/mol. The van der Waals surface area contributed by atoms with Crippen LogP contribution in [0.4, 0.5) is 5.82 Å². The average molecular weight is 248 g/mol. The van der Waals surface area contributed by atoms with E-state index in [1.54, 1.807) is 6.20 Å². The second-order valence-corrected chi connectivity index (χ2v) is 4.74. The molecular weight excluding hydrogens is 228 g/mol. The number of fused-ring (bicyclic) bond motifs is 1. The predicted molar refractivity (Wildman–Crippen MR) is 71.9 cm³/mol. The smallest absolute Gasteiger partial charge is 0.203 e. The van der Waals surface area contributed by atoms with Crippen LogP contribution in [-0.4, -0.2) is 46.8 Å². The van der Waals surface area contributed by atoms with E-state index < -0.39 is 0 Å². The summed E-state index contributed by atoms with van der Waals surface area (Å²) in [7, 11) is 4.01. The van der Waals surface area contributed by atoms with Gasteiger partial charge in [-0.1, -0.05) is 6.92 Å². The number of hydrogen-bond acceptors (Lipinski definition) is 5. The van der Waals surface area contributed by atoms with Crippen molar-refractivity contribution in [1.82, 2.24) is 24.9 Å². The molecule has 2 aromatic heterocycles. The molecule has 0 amide bonds. The number of aromatic nitrogens is 4. The highest BCUT2D eigenvalue weighted by atomic mass is 15.3. The lowest BCUT2D eigenvalue weighted by atomic mass is 10.1. The van der Waals surface area contributed by atoms with Crippen LogP contribution in [0.3, 0.4) is 0 Å². The molecule has 1 atom stereocenters. The third-order valence-corrected chi connectivity index (χ3v) is 2.98. The minimum absolute atomic E-state index is 0.547. The third-order valence-electron chi connectivity index (χ3n) is 2.98. The van der Waals surface area contributed by atoms with E-state index in [1.807, 2.05) is 31.6 Å². The summed E-state index contributed by atoms with van der Waals surface area (Å²) in [6.45, 7) is 6.06. The van der Waals surface area contributed by atoms with Crippen molar-refractivity contribution in [2.75, 3.05) is 32.1 Å².